The number of nitrogens with one attached hydrogen (secondary N) is 1. The van der Waals surface area contributed by atoms with Gasteiger partial charge in [-0.05, 0) is 37.1 Å². The van der Waals surface area contributed by atoms with Gasteiger partial charge in [0.2, 0.25) is 5.91 Å². The molecule has 8 nitrogen and oxygen atoms in total. The molecule has 1 amide bonds. The van der Waals surface area contributed by atoms with Crippen molar-refractivity contribution in [2.45, 2.75) is 49.4 Å². The van der Waals surface area contributed by atoms with Gasteiger partial charge in [-0.2, -0.15) is 0 Å². The van der Waals surface area contributed by atoms with Gasteiger partial charge in [0.1, 0.15) is 18.5 Å². The van der Waals surface area contributed by atoms with E-state index in [1.54, 1.807) is 7.11 Å². The minimum Gasteiger partial charge on any atom is -0.496 e. The number of ether oxygens (including phenoxy) is 3. The molecule has 5 rings (SSSR count). The number of rotatable bonds is 8. The lowest BCUT2D eigenvalue weighted by Gasteiger charge is -2.26. The molecular weight excluding hydrogens is 464 g/mol. The van der Waals surface area contributed by atoms with Gasteiger partial charge in [-0.15, -0.1) is 10.2 Å². The number of benzene rings is 2. The average Bonchev–Trinajstić information content (AvgIpc) is 3.34. The van der Waals surface area contributed by atoms with Crippen molar-refractivity contribution in [3.63, 3.8) is 0 Å². The number of nitrogens with zero attached hydrogens (tertiary/aromatic N) is 3. The summed E-state index contributed by atoms with van der Waals surface area (Å²) in [6.07, 6.45) is 5.57. The maximum atomic E-state index is 12.7. The molecule has 184 valence electrons. The number of thioether (sulfide) groups is 1. The molecule has 1 aliphatic heterocycles. The smallest absolute Gasteiger partial charge is 0.230 e. The van der Waals surface area contributed by atoms with E-state index < -0.39 is 0 Å². The molecule has 1 aromatic heterocycles. The van der Waals surface area contributed by atoms with Crippen molar-refractivity contribution in [1.29, 1.82) is 0 Å². The first kappa shape index (κ1) is 23.5. The second-order valence-corrected chi connectivity index (χ2v) is 9.70. The second kappa shape index (κ2) is 11.0. The SMILES string of the molecule is COc1ccccc1-c1nnc(SCC(=O)NCC2COc3ccccc3O2)n1C1CCCCC1. The Morgan fingerprint density at radius 2 is 1.86 bits per heavy atom. The van der Waals surface area contributed by atoms with Gasteiger partial charge in [-0.3, -0.25) is 9.36 Å². The molecule has 1 atom stereocenters. The molecular formula is C26H30N4O4S. The summed E-state index contributed by atoms with van der Waals surface area (Å²) in [4.78, 5) is 12.7. The van der Waals surface area contributed by atoms with Crippen molar-refractivity contribution < 1.29 is 19.0 Å². The maximum absolute atomic E-state index is 12.7. The highest BCUT2D eigenvalue weighted by Gasteiger charge is 2.26. The van der Waals surface area contributed by atoms with E-state index in [-0.39, 0.29) is 17.8 Å². The molecule has 0 radical (unpaired) electrons. The summed E-state index contributed by atoms with van der Waals surface area (Å²) in [7, 11) is 1.67. The van der Waals surface area contributed by atoms with E-state index in [0.29, 0.717) is 24.9 Å². The maximum Gasteiger partial charge on any atom is 0.230 e. The van der Waals surface area contributed by atoms with Gasteiger partial charge in [-0.1, -0.05) is 55.3 Å². The van der Waals surface area contributed by atoms with Crippen LogP contribution in [0.5, 0.6) is 17.2 Å². The number of hydrogen-bond acceptors (Lipinski definition) is 7. The summed E-state index contributed by atoms with van der Waals surface area (Å²) in [5.74, 6) is 3.18. The number of carbonyl (C=O) groups excluding carboxylic acids is 1. The van der Waals surface area contributed by atoms with E-state index in [1.165, 1.54) is 31.0 Å². The van der Waals surface area contributed by atoms with Crippen molar-refractivity contribution in [1.82, 2.24) is 20.1 Å². The van der Waals surface area contributed by atoms with Crippen LogP contribution in [0.2, 0.25) is 0 Å². The van der Waals surface area contributed by atoms with Crippen LogP contribution in [0.4, 0.5) is 0 Å². The summed E-state index contributed by atoms with van der Waals surface area (Å²) in [5.41, 5.74) is 0.916. The number of carbonyl (C=O) groups is 1. The number of para-hydroxylation sites is 3. The molecule has 35 heavy (non-hydrogen) atoms. The molecule has 1 saturated carbocycles. The number of fused-ring (bicyclic) bond motifs is 1. The lowest BCUT2D eigenvalue weighted by atomic mass is 9.95. The van der Waals surface area contributed by atoms with Crippen molar-refractivity contribution >= 4 is 17.7 Å². The Kier molecular flexibility index (Phi) is 7.42. The van der Waals surface area contributed by atoms with Crippen LogP contribution in [-0.4, -0.2) is 52.8 Å². The predicted molar refractivity (Wildman–Crippen MR) is 134 cm³/mol. The first-order chi connectivity index (χ1) is 17.2. The van der Waals surface area contributed by atoms with E-state index in [0.717, 1.165) is 40.9 Å². The van der Waals surface area contributed by atoms with Crippen LogP contribution in [0.15, 0.2) is 53.7 Å². The Labute approximate surface area is 209 Å². The molecule has 1 N–H and O–H groups in total. The summed E-state index contributed by atoms with van der Waals surface area (Å²) in [5, 5.41) is 12.7. The van der Waals surface area contributed by atoms with Gasteiger partial charge >= 0.3 is 0 Å². The molecule has 9 heteroatoms. The third-order valence-electron chi connectivity index (χ3n) is 6.38. The Morgan fingerprint density at radius 3 is 2.69 bits per heavy atom. The lowest BCUT2D eigenvalue weighted by Crippen LogP contribution is -2.41. The molecule has 3 aromatic rings. The molecule has 0 bridgehead atoms. The van der Waals surface area contributed by atoms with Gasteiger partial charge in [0, 0.05) is 6.04 Å². The van der Waals surface area contributed by atoms with Crippen LogP contribution in [0.25, 0.3) is 11.4 Å². The Hall–Kier alpha value is -3.20. The largest absolute Gasteiger partial charge is 0.496 e. The van der Waals surface area contributed by atoms with E-state index in [9.17, 15) is 4.79 Å². The Morgan fingerprint density at radius 1 is 1.09 bits per heavy atom. The molecule has 2 heterocycles. The van der Waals surface area contributed by atoms with E-state index in [1.807, 2.05) is 48.5 Å². The van der Waals surface area contributed by atoms with Crippen LogP contribution in [0, 0.1) is 0 Å². The first-order valence-electron chi connectivity index (χ1n) is 12.1. The summed E-state index contributed by atoms with van der Waals surface area (Å²) in [6, 6.07) is 15.8. The topological polar surface area (TPSA) is 87.5 Å². The van der Waals surface area contributed by atoms with Crippen LogP contribution >= 0.6 is 11.8 Å². The number of hydrogen-bond donors (Lipinski definition) is 1. The average molecular weight is 495 g/mol. The minimum absolute atomic E-state index is 0.0745. The van der Waals surface area contributed by atoms with Crippen LogP contribution in [0.3, 0.4) is 0 Å². The summed E-state index contributed by atoms with van der Waals surface area (Å²) < 4.78 is 19.5. The zero-order chi connectivity index (χ0) is 24.0. The quantitative estimate of drug-likeness (QED) is 0.461. The fourth-order valence-electron chi connectivity index (χ4n) is 4.63. The summed E-state index contributed by atoms with van der Waals surface area (Å²) in [6.45, 7) is 0.790. The molecule has 2 aliphatic rings. The highest BCUT2D eigenvalue weighted by molar-refractivity contribution is 7.99. The third-order valence-corrected chi connectivity index (χ3v) is 7.32. The highest BCUT2D eigenvalue weighted by Crippen LogP contribution is 2.38. The van der Waals surface area contributed by atoms with E-state index in [2.05, 4.69) is 20.1 Å². The van der Waals surface area contributed by atoms with E-state index >= 15 is 0 Å². The van der Waals surface area contributed by atoms with Crippen molar-refractivity contribution in [3.05, 3.63) is 48.5 Å². The minimum atomic E-state index is -0.220. The van der Waals surface area contributed by atoms with Crippen molar-refractivity contribution in [2.24, 2.45) is 0 Å². The van der Waals surface area contributed by atoms with Crippen LogP contribution < -0.4 is 19.5 Å². The van der Waals surface area contributed by atoms with Gasteiger partial charge in [0.15, 0.2) is 22.5 Å². The van der Waals surface area contributed by atoms with Gasteiger partial charge in [0.05, 0.1) is 25.0 Å². The van der Waals surface area contributed by atoms with E-state index in [4.69, 9.17) is 14.2 Å². The molecule has 1 aliphatic carbocycles. The highest BCUT2D eigenvalue weighted by atomic mass is 32.2. The Balaban J connectivity index is 1.25. The molecule has 2 aromatic carbocycles. The molecule has 1 fully saturated rings. The van der Waals surface area contributed by atoms with Crippen molar-refractivity contribution in [2.75, 3.05) is 26.0 Å². The zero-order valence-electron chi connectivity index (χ0n) is 19.8. The Bertz CT molecular complexity index is 1160. The molecule has 1 unspecified atom stereocenters. The second-order valence-electron chi connectivity index (χ2n) is 8.76. The first-order valence-corrected chi connectivity index (χ1v) is 13.1. The fraction of sp³-hybridized carbons (Fsp3) is 0.423. The molecule has 0 saturated heterocycles. The number of methoxy groups -OCH3 is 1. The number of amides is 1. The predicted octanol–water partition coefficient (Wildman–Crippen LogP) is 4.51. The standard InChI is InChI=1S/C26H30N4O4S/c1-32-21-12-6-5-11-20(21)25-28-29-26(30(25)18-9-3-2-4-10-18)35-17-24(31)27-15-19-16-33-22-13-7-8-14-23(22)34-19/h5-8,11-14,18-19H,2-4,9-10,15-17H2,1H3,(H,27,31). The monoisotopic (exact) mass is 494 g/mol. The lowest BCUT2D eigenvalue weighted by molar-refractivity contribution is -0.119. The molecule has 0 spiro atoms. The van der Waals surface area contributed by atoms with Gasteiger partial charge in [0.25, 0.3) is 0 Å². The van der Waals surface area contributed by atoms with Crippen LogP contribution in [-0.2, 0) is 4.79 Å². The van der Waals surface area contributed by atoms with Gasteiger partial charge in [-0.25, -0.2) is 0 Å². The third kappa shape index (κ3) is 5.40. The van der Waals surface area contributed by atoms with Crippen LogP contribution in [0.1, 0.15) is 38.1 Å². The van der Waals surface area contributed by atoms with Crippen molar-refractivity contribution in [3.8, 4) is 28.6 Å². The van der Waals surface area contributed by atoms with Gasteiger partial charge < -0.3 is 19.5 Å². The normalized spacial score (nSPS) is 17.7. The summed E-state index contributed by atoms with van der Waals surface area (Å²) >= 11 is 1.42. The zero-order valence-corrected chi connectivity index (χ0v) is 20.6. The number of aromatic nitrogens is 3. The fourth-order valence-corrected chi connectivity index (χ4v) is 5.46.